The van der Waals surface area contributed by atoms with Gasteiger partial charge in [-0.15, -0.1) is 5.10 Å². The first kappa shape index (κ1) is 12.9. The minimum absolute atomic E-state index is 0.0324. The Hall–Kier alpha value is -3.16. The molecule has 0 spiro atoms. The topological polar surface area (TPSA) is 115 Å². The average molecular weight is 283 g/mol. The van der Waals surface area contributed by atoms with Gasteiger partial charge in [-0.25, -0.2) is 0 Å². The number of hydrogen-bond acceptors (Lipinski definition) is 5. The van der Waals surface area contributed by atoms with Gasteiger partial charge in [-0.2, -0.15) is 10.1 Å². The lowest BCUT2D eigenvalue weighted by atomic mass is 10.1. The van der Waals surface area contributed by atoms with E-state index in [2.05, 4.69) is 25.6 Å². The molecule has 8 nitrogen and oxygen atoms in total. The molecule has 21 heavy (non-hydrogen) atoms. The number of nitrogens with zero attached hydrogens (tertiary/aromatic N) is 4. The number of H-pyrrole nitrogens is 1. The van der Waals surface area contributed by atoms with Crippen LogP contribution in [0, 0.1) is 0 Å². The van der Waals surface area contributed by atoms with E-state index in [1.165, 1.54) is 0 Å². The number of para-hydroxylation sites is 1. The zero-order valence-corrected chi connectivity index (χ0v) is 11.0. The van der Waals surface area contributed by atoms with Gasteiger partial charge in [0.1, 0.15) is 0 Å². The molecule has 0 fully saturated rings. The molecule has 0 saturated carbocycles. The summed E-state index contributed by atoms with van der Waals surface area (Å²) in [6, 6.07) is 9.33. The maximum absolute atomic E-state index is 12.1. The summed E-state index contributed by atoms with van der Waals surface area (Å²) in [5.74, 6) is -0.293. The van der Waals surface area contributed by atoms with Gasteiger partial charge in [-0.3, -0.25) is 14.6 Å². The van der Waals surface area contributed by atoms with Crippen LogP contribution in [0.1, 0.15) is 16.2 Å². The Morgan fingerprint density at radius 3 is 2.90 bits per heavy atom. The van der Waals surface area contributed by atoms with E-state index in [4.69, 9.17) is 5.73 Å². The lowest BCUT2D eigenvalue weighted by Crippen LogP contribution is -2.16. The number of aromatic amines is 1. The summed E-state index contributed by atoms with van der Waals surface area (Å²) in [5, 5.41) is 13.0. The van der Waals surface area contributed by atoms with Gasteiger partial charge in [0, 0.05) is 18.1 Å². The van der Waals surface area contributed by atoms with Crippen molar-refractivity contribution in [1.82, 2.24) is 25.0 Å². The van der Waals surface area contributed by atoms with Crippen LogP contribution in [0.15, 0.2) is 42.7 Å². The lowest BCUT2D eigenvalue weighted by Gasteiger charge is -2.10. The molecule has 106 valence electrons. The van der Waals surface area contributed by atoms with Crippen LogP contribution >= 0.6 is 0 Å². The van der Waals surface area contributed by atoms with Gasteiger partial charge in [0.15, 0.2) is 0 Å². The fraction of sp³-hybridized carbons (Fsp3) is 0.0769. The van der Waals surface area contributed by atoms with Crippen LogP contribution in [0.25, 0.3) is 0 Å². The fourth-order valence-corrected chi connectivity index (χ4v) is 1.91. The smallest absolute Gasteiger partial charge is 0.293 e. The van der Waals surface area contributed by atoms with Crippen molar-refractivity contribution in [2.24, 2.45) is 0 Å². The maximum atomic E-state index is 12.1. The molecular weight excluding hydrogens is 270 g/mol. The first-order valence-corrected chi connectivity index (χ1v) is 6.27. The van der Waals surface area contributed by atoms with E-state index in [1.54, 1.807) is 10.9 Å². The largest absolute Gasteiger partial charge is 0.366 e. The van der Waals surface area contributed by atoms with Crippen molar-refractivity contribution in [3.8, 4) is 0 Å². The number of rotatable bonds is 4. The van der Waals surface area contributed by atoms with Crippen LogP contribution in [0.5, 0.6) is 0 Å². The summed E-state index contributed by atoms with van der Waals surface area (Å²) in [7, 11) is 0. The molecule has 2 heterocycles. The second kappa shape index (κ2) is 5.45. The number of anilines is 2. The molecule has 1 amide bonds. The van der Waals surface area contributed by atoms with E-state index in [0.717, 1.165) is 5.56 Å². The van der Waals surface area contributed by atoms with E-state index in [-0.39, 0.29) is 11.8 Å². The first-order valence-electron chi connectivity index (χ1n) is 6.27. The molecule has 0 aliphatic rings. The van der Waals surface area contributed by atoms with Crippen molar-refractivity contribution in [2.75, 3.05) is 11.1 Å². The lowest BCUT2D eigenvalue weighted by molar-refractivity contribution is 0.101. The van der Waals surface area contributed by atoms with E-state index in [1.807, 2.05) is 36.5 Å². The molecule has 4 N–H and O–H groups in total. The molecule has 0 aliphatic heterocycles. The number of nitrogens with two attached hydrogens (primary N) is 1. The zero-order valence-electron chi connectivity index (χ0n) is 11.0. The van der Waals surface area contributed by atoms with Crippen molar-refractivity contribution in [2.45, 2.75) is 6.54 Å². The molecule has 0 unspecified atom stereocenters. The number of benzene rings is 1. The third kappa shape index (κ3) is 2.89. The molecule has 0 bridgehead atoms. The highest BCUT2D eigenvalue weighted by Crippen LogP contribution is 2.16. The maximum Gasteiger partial charge on any atom is 0.293 e. The second-order valence-electron chi connectivity index (χ2n) is 4.36. The number of aromatic nitrogens is 5. The predicted molar refractivity (Wildman–Crippen MR) is 76.5 cm³/mol. The van der Waals surface area contributed by atoms with Gasteiger partial charge in [-0.1, -0.05) is 18.2 Å². The Kier molecular flexibility index (Phi) is 3.34. The Labute approximate surface area is 120 Å². The Balaban J connectivity index is 1.80. The highest BCUT2D eigenvalue weighted by Gasteiger charge is 2.13. The summed E-state index contributed by atoms with van der Waals surface area (Å²) in [4.78, 5) is 15.9. The summed E-state index contributed by atoms with van der Waals surface area (Å²) in [5.41, 5.74) is 7.01. The molecule has 0 radical (unpaired) electrons. The number of nitrogens with one attached hydrogen (secondary N) is 2. The number of hydrogen-bond donors (Lipinski definition) is 3. The normalized spacial score (nSPS) is 10.5. The Morgan fingerprint density at radius 1 is 1.33 bits per heavy atom. The molecule has 0 aliphatic carbocycles. The standard InChI is InChI=1S/C13H13N7O/c14-13-17-11(18-19-13)12(21)16-10-5-2-1-4-9(10)8-20-7-3-6-15-20/h1-7H,8H2,(H,16,21)(H3,14,17,18,19). The van der Waals surface area contributed by atoms with Crippen LogP contribution in [0.3, 0.4) is 0 Å². The van der Waals surface area contributed by atoms with Gasteiger partial charge in [0.25, 0.3) is 5.91 Å². The van der Waals surface area contributed by atoms with E-state index in [9.17, 15) is 4.79 Å². The fourth-order valence-electron chi connectivity index (χ4n) is 1.91. The third-order valence-electron chi connectivity index (χ3n) is 2.87. The van der Waals surface area contributed by atoms with E-state index >= 15 is 0 Å². The van der Waals surface area contributed by atoms with Crippen LogP contribution in [-0.2, 0) is 6.54 Å². The Bertz CT molecular complexity index is 747. The molecule has 8 heteroatoms. The van der Waals surface area contributed by atoms with Crippen molar-refractivity contribution in [3.63, 3.8) is 0 Å². The van der Waals surface area contributed by atoms with Crippen molar-refractivity contribution >= 4 is 17.5 Å². The predicted octanol–water partition coefficient (Wildman–Crippen LogP) is 0.884. The van der Waals surface area contributed by atoms with Crippen LogP contribution in [-0.4, -0.2) is 30.9 Å². The summed E-state index contributed by atoms with van der Waals surface area (Å²) >= 11 is 0. The molecular formula is C13H13N7O. The van der Waals surface area contributed by atoms with Crippen molar-refractivity contribution < 1.29 is 4.79 Å². The number of carbonyl (C=O) groups excluding carboxylic acids is 1. The highest BCUT2D eigenvalue weighted by molar-refractivity contribution is 6.02. The number of amides is 1. The monoisotopic (exact) mass is 283 g/mol. The molecule has 1 aromatic carbocycles. The Morgan fingerprint density at radius 2 is 2.19 bits per heavy atom. The van der Waals surface area contributed by atoms with Crippen molar-refractivity contribution in [1.29, 1.82) is 0 Å². The van der Waals surface area contributed by atoms with E-state index in [0.29, 0.717) is 12.2 Å². The quantitative estimate of drug-likeness (QED) is 0.657. The van der Waals surface area contributed by atoms with Gasteiger partial charge in [-0.05, 0) is 17.7 Å². The van der Waals surface area contributed by atoms with Gasteiger partial charge < -0.3 is 11.1 Å². The van der Waals surface area contributed by atoms with Gasteiger partial charge in [0.2, 0.25) is 11.8 Å². The van der Waals surface area contributed by atoms with Crippen LogP contribution in [0.2, 0.25) is 0 Å². The van der Waals surface area contributed by atoms with Crippen LogP contribution < -0.4 is 11.1 Å². The molecule has 2 aromatic heterocycles. The van der Waals surface area contributed by atoms with Gasteiger partial charge in [0.05, 0.1) is 6.54 Å². The van der Waals surface area contributed by atoms with Gasteiger partial charge >= 0.3 is 0 Å². The van der Waals surface area contributed by atoms with Crippen molar-refractivity contribution in [3.05, 3.63) is 54.1 Å². The van der Waals surface area contributed by atoms with Crippen LogP contribution in [0.4, 0.5) is 11.6 Å². The first-order chi connectivity index (χ1) is 10.2. The molecule has 3 rings (SSSR count). The summed E-state index contributed by atoms with van der Waals surface area (Å²) in [6.45, 7) is 0.558. The van der Waals surface area contributed by atoms with E-state index < -0.39 is 5.91 Å². The number of nitrogen functional groups attached to an aromatic ring is 1. The molecule has 0 saturated heterocycles. The average Bonchev–Trinajstić information content (AvgIpc) is 3.12. The molecule has 0 atom stereocenters. The molecule has 3 aromatic rings. The third-order valence-corrected chi connectivity index (χ3v) is 2.87. The highest BCUT2D eigenvalue weighted by atomic mass is 16.2. The summed E-state index contributed by atoms with van der Waals surface area (Å²) < 4.78 is 1.78. The number of carbonyl (C=O) groups is 1. The minimum Gasteiger partial charge on any atom is -0.366 e. The zero-order chi connectivity index (χ0) is 14.7. The minimum atomic E-state index is -0.396. The second-order valence-corrected chi connectivity index (χ2v) is 4.36. The summed E-state index contributed by atoms with van der Waals surface area (Å²) in [6.07, 6.45) is 3.56. The SMILES string of the molecule is Nc1n[nH]c(C(=O)Nc2ccccc2Cn2cccn2)n1.